The number of hydrogen-bond donors (Lipinski definition) is 0. The van der Waals surface area contributed by atoms with Crippen molar-refractivity contribution in [2.45, 2.75) is 50.8 Å². The first-order chi connectivity index (χ1) is 12.1. The number of unbranched alkanes of at least 4 members (excludes halogenated alkanes) is 1. The van der Waals surface area contributed by atoms with Crippen LogP contribution in [0.4, 0.5) is 0 Å². The molecule has 0 radical (unpaired) electrons. The molecule has 2 aromatic rings. The molecule has 6 heteroatoms. The van der Waals surface area contributed by atoms with Crippen LogP contribution in [0.2, 0.25) is 0 Å². The first-order valence-electron chi connectivity index (χ1n) is 9.13. The van der Waals surface area contributed by atoms with Crippen molar-refractivity contribution in [1.29, 1.82) is 0 Å². The highest BCUT2D eigenvalue weighted by Gasteiger charge is 2.31. The summed E-state index contributed by atoms with van der Waals surface area (Å²) < 4.78 is 29.5. The standard InChI is InChI=1S/C19H27N3O2S/c1-2-3-12-21-14-11-20-19(21)18-10-7-13-22(15-18)25(23,24)16-17-8-5-4-6-9-17/h4-6,8-9,11,14,18H,2-3,7,10,12-13,15-16H2,1H3/t18-/m0/s1. The van der Waals surface area contributed by atoms with Crippen LogP contribution >= 0.6 is 0 Å². The van der Waals surface area contributed by atoms with Crippen molar-refractivity contribution in [2.24, 2.45) is 0 Å². The molecule has 2 heterocycles. The van der Waals surface area contributed by atoms with Gasteiger partial charge in [-0.05, 0) is 24.8 Å². The van der Waals surface area contributed by atoms with E-state index in [9.17, 15) is 8.42 Å². The highest BCUT2D eigenvalue weighted by Crippen LogP contribution is 2.28. The molecule has 1 aromatic carbocycles. The number of imidazole rings is 1. The summed E-state index contributed by atoms with van der Waals surface area (Å²) in [6.07, 6.45) is 8.00. The maximum absolute atomic E-state index is 12.8. The molecule has 0 spiro atoms. The van der Waals surface area contributed by atoms with E-state index in [1.54, 1.807) is 4.31 Å². The number of aryl methyl sites for hydroxylation is 1. The number of benzene rings is 1. The van der Waals surface area contributed by atoms with E-state index in [-0.39, 0.29) is 11.7 Å². The lowest BCUT2D eigenvalue weighted by atomic mass is 9.99. The summed E-state index contributed by atoms with van der Waals surface area (Å²) in [5.74, 6) is 1.30. The minimum atomic E-state index is -3.29. The number of hydrogen-bond acceptors (Lipinski definition) is 3. The molecule has 1 aliphatic heterocycles. The van der Waals surface area contributed by atoms with E-state index in [2.05, 4.69) is 16.5 Å². The largest absolute Gasteiger partial charge is 0.335 e. The Morgan fingerprint density at radius 3 is 2.80 bits per heavy atom. The lowest BCUT2D eigenvalue weighted by Gasteiger charge is -2.32. The minimum absolute atomic E-state index is 0.0742. The Morgan fingerprint density at radius 1 is 1.24 bits per heavy atom. The van der Waals surface area contributed by atoms with Crippen LogP contribution in [0.25, 0.3) is 0 Å². The van der Waals surface area contributed by atoms with Crippen molar-refractivity contribution in [1.82, 2.24) is 13.9 Å². The molecule has 1 aromatic heterocycles. The molecule has 1 aliphatic rings. The maximum Gasteiger partial charge on any atom is 0.218 e. The van der Waals surface area contributed by atoms with Gasteiger partial charge in [-0.15, -0.1) is 0 Å². The first-order valence-corrected chi connectivity index (χ1v) is 10.7. The van der Waals surface area contributed by atoms with Crippen LogP contribution in [0.1, 0.15) is 49.9 Å². The summed E-state index contributed by atoms with van der Waals surface area (Å²) in [5.41, 5.74) is 0.842. The summed E-state index contributed by atoms with van der Waals surface area (Å²) in [7, 11) is -3.29. The van der Waals surface area contributed by atoms with Gasteiger partial charge in [-0.3, -0.25) is 0 Å². The molecule has 0 aliphatic carbocycles. The van der Waals surface area contributed by atoms with Gasteiger partial charge in [-0.2, -0.15) is 0 Å². The second kappa shape index (κ2) is 8.15. The fraction of sp³-hybridized carbons (Fsp3) is 0.526. The van der Waals surface area contributed by atoms with E-state index in [0.717, 1.165) is 43.6 Å². The van der Waals surface area contributed by atoms with Crippen molar-refractivity contribution in [3.8, 4) is 0 Å². The van der Waals surface area contributed by atoms with Crippen LogP contribution in [0, 0.1) is 0 Å². The summed E-state index contributed by atoms with van der Waals surface area (Å²) in [5, 5.41) is 0. The smallest absolute Gasteiger partial charge is 0.218 e. The van der Waals surface area contributed by atoms with E-state index in [1.807, 2.05) is 42.7 Å². The third-order valence-electron chi connectivity index (χ3n) is 4.83. The molecule has 0 bridgehead atoms. The van der Waals surface area contributed by atoms with Gasteiger partial charge in [-0.1, -0.05) is 43.7 Å². The maximum atomic E-state index is 12.8. The zero-order chi connectivity index (χ0) is 17.7. The topological polar surface area (TPSA) is 55.2 Å². The van der Waals surface area contributed by atoms with Gasteiger partial charge in [0.1, 0.15) is 5.82 Å². The third kappa shape index (κ3) is 4.50. The van der Waals surface area contributed by atoms with Crippen molar-refractivity contribution in [3.63, 3.8) is 0 Å². The molecule has 136 valence electrons. The molecule has 1 fully saturated rings. The lowest BCUT2D eigenvalue weighted by Crippen LogP contribution is -2.40. The second-order valence-electron chi connectivity index (χ2n) is 6.77. The zero-order valence-corrected chi connectivity index (χ0v) is 15.7. The average molecular weight is 362 g/mol. The monoisotopic (exact) mass is 361 g/mol. The van der Waals surface area contributed by atoms with E-state index in [0.29, 0.717) is 13.1 Å². The quantitative estimate of drug-likeness (QED) is 0.759. The van der Waals surface area contributed by atoms with Crippen molar-refractivity contribution in [3.05, 3.63) is 54.1 Å². The van der Waals surface area contributed by atoms with Crippen LogP contribution in [0.3, 0.4) is 0 Å². The number of sulfonamides is 1. The Morgan fingerprint density at radius 2 is 2.04 bits per heavy atom. The summed E-state index contributed by atoms with van der Waals surface area (Å²) in [4.78, 5) is 4.53. The predicted octanol–water partition coefficient (Wildman–Crippen LogP) is 3.39. The van der Waals surface area contributed by atoms with Crippen molar-refractivity contribution < 1.29 is 8.42 Å². The fourth-order valence-electron chi connectivity index (χ4n) is 3.48. The SMILES string of the molecule is CCCCn1ccnc1[C@H]1CCCN(S(=O)(=O)Cc2ccccc2)C1. The van der Waals surface area contributed by atoms with Crippen LogP contribution in [-0.4, -0.2) is 35.4 Å². The Hall–Kier alpha value is -1.66. The Kier molecular flexibility index (Phi) is 5.91. The molecular formula is C19H27N3O2S. The average Bonchev–Trinajstić information content (AvgIpc) is 3.09. The van der Waals surface area contributed by atoms with Gasteiger partial charge < -0.3 is 4.57 Å². The van der Waals surface area contributed by atoms with Gasteiger partial charge in [0.05, 0.1) is 5.75 Å². The zero-order valence-electron chi connectivity index (χ0n) is 14.8. The predicted molar refractivity (Wildman–Crippen MR) is 99.7 cm³/mol. The molecule has 1 atom stereocenters. The highest BCUT2D eigenvalue weighted by atomic mass is 32.2. The number of rotatable bonds is 7. The van der Waals surface area contributed by atoms with Crippen LogP contribution in [0.5, 0.6) is 0 Å². The van der Waals surface area contributed by atoms with E-state index in [1.165, 1.54) is 0 Å². The Balaban J connectivity index is 1.71. The summed E-state index contributed by atoms with van der Waals surface area (Å²) in [6, 6.07) is 9.42. The van der Waals surface area contributed by atoms with E-state index < -0.39 is 10.0 Å². The summed E-state index contributed by atoms with van der Waals surface area (Å²) >= 11 is 0. The van der Waals surface area contributed by atoms with Crippen LogP contribution in [-0.2, 0) is 22.3 Å². The minimum Gasteiger partial charge on any atom is -0.335 e. The van der Waals surface area contributed by atoms with Gasteiger partial charge in [0.2, 0.25) is 10.0 Å². The third-order valence-corrected chi connectivity index (χ3v) is 6.65. The molecular weight excluding hydrogens is 334 g/mol. The normalized spacial score (nSPS) is 19.2. The van der Waals surface area contributed by atoms with Crippen LogP contribution in [0.15, 0.2) is 42.7 Å². The fourth-order valence-corrected chi connectivity index (χ4v) is 5.09. The van der Waals surface area contributed by atoms with Crippen molar-refractivity contribution in [2.75, 3.05) is 13.1 Å². The Bertz CT molecular complexity index is 771. The molecule has 3 rings (SSSR count). The lowest BCUT2D eigenvalue weighted by molar-refractivity contribution is 0.304. The summed E-state index contributed by atoms with van der Waals surface area (Å²) in [6.45, 7) is 4.29. The molecule has 0 saturated carbocycles. The molecule has 0 amide bonds. The van der Waals surface area contributed by atoms with E-state index in [4.69, 9.17) is 0 Å². The number of aromatic nitrogens is 2. The van der Waals surface area contributed by atoms with Gasteiger partial charge in [-0.25, -0.2) is 17.7 Å². The van der Waals surface area contributed by atoms with Crippen LogP contribution < -0.4 is 0 Å². The molecule has 0 unspecified atom stereocenters. The highest BCUT2D eigenvalue weighted by molar-refractivity contribution is 7.88. The first kappa shape index (κ1) is 18.1. The number of piperidine rings is 1. The van der Waals surface area contributed by atoms with Gasteiger partial charge in [0, 0.05) is 37.9 Å². The molecule has 25 heavy (non-hydrogen) atoms. The number of nitrogens with zero attached hydrogens (tertiary/aromatic N) is 3. The Labute approximate surface area is 150 Å². The van der Waals surface area contributed by atoms with Crippen molar-refractivity contribution >= 4 is 10.0 Å². The molecule has 0 N–H and O–H groups in total. The van der Waals surface area contributed by atoms with Gasteiger partial charge in [0.15, 0.2) is 0 Å². The molecule has 5 nitrogen and oxygen atoms in total. The second-order valence-corrected chi connectivity index (χ2v) is 8.74. The van der Waals surface area contributed by atoms with Gasteiger partial charge >= 0.3 is 0 Å². The molecule has 1 saturated heterocycles. The van der Waals surface area contributed by atoms with Gasteiger partial charge in [0.25, 0.3) is 0 Å². The van der Waals surface area contributed by atoms with E-state index >= 15 is 0 Å².